The largest absolute Gasteiger partial charge is 0.463 e. The van der Waals surface area contributed by atoms with Gasteiger partial charge in [0.25, 0.3) is 0 Å². The van der Waals surface area contributed by atoms with E-state index in [1.165, 1.54) is 6.92 Å². The Balaban J connectivity index is 4.35. The van der Waals surface area contributed by atoms with Gasteiger partial charge >= 0.3 is 5.97 Å². The van der Waals surface area contributed by atoms with Gasteiger partial charge in [-0.3, -0.25) is 9.59 Å². The van der Waals surface area contributed by atoms with E-state index in [0.717, 1.165) is 0 Å². The lowest BCUT2D eigenvalue weighted by atomic mass is 10.1. The van der Waals surface area contributed by atoms with Crippen LogP contribution < -0.4 is 0 Å². The standard InChI is InChI=1S/C12H23NO3/c1-8(2)13(11(5)14)9(3)7-10(4)16-12(6)15/h8-10H,7H2,1-6H3. The van der Waals surface area contributed by atoms with Crippen molar-refractivity contribution < 1.29 is 14.3 Å². The van der Waals surface area contributed by atoms with Crippen LogP contribution in [-0.2, 0) is 14.3 Å². The fourth-order valence-electron chi connectivity index (χ4n) is 2.11. The average Bonchev–Trinajstić information content (AvgIpc) is 1.98. The molecule has 0 radical (unpaired) electrons. The first kappa shape index (κ1) is 14.9. The van der Waals surface area contributed by atoms with Gasteiger partial charge in [0.2, 0.25) is 5.91 Å². The zero-order valence-electron chi connectivity index (χ0n) is 11.1. The maximum atomic E-state index is 11.4. The average molecular weight is 229 g/mol. The summed E-state index contributed by atoms with van der Waals surface area (Å²) in [6.07, 6.45) is 0.505. The Hall–Kier alpha value is -1.06. The Kier molecular flexibility index (Phi) is 6.08. The van der Waals surface area contributed by atoms with Gasteiger partial charge in [0, 0.05) is 32.4 Å². The highest BCUT2D eigenvalue weighted by Gasteiger charge is 2.22. The Morgan fingerprint density at radius 1 is 1.12 bits per heavy atom. The van der Waals surface area contributed by atoms with E-state index < -0.39 is 0 Å². The van der Waals surface area contributed by atoms with Crippen molar-refractivity contribution in [3.05, 3.63) is 0 Å². The highest BCUT2D eigenvalue weighted by atomic mass is 16.5. The van der Waals surface area contributed by atoms with Crippen molar-refractivity contribution in [1.82, 2.24) is 4.90 Å². The van der Waals surface area contributed by atoms with Crippen molar-refractivity contribution in [2.24, 2.45) is 0 Å². The molecule has 4 nitrogen and oxygen atoms in total. The number of hydrogen-bond acceptors (Lipinski definition) is 3. The molecule has 0 saturated heterocycles. The minimum absolute atomic E-state index is 0.0533. The molecule has 4 heteroatoms. The molecule has 0 fully saturated rings. The second kappa shape index (κ2) is 6.51. The van der Waals surface area contributed by atoms with Crippen molar-refractivity contribution in [2.45, 2.75) is 66.2 Å². The molecular formula is C12H23NO3. The molecule has 0 aliphatic carbocycles. The van der Waals surface area contributed by atoms with Crippen LogP contribution in [-0.4, -0.2) is 35.0 Å². The first-order valence-electron chi connectivity index (χ1n) is 5.71. The molecule has 0 aromatic carbocycles. The Morgan fingerprint density at radius 3 is 1.94 bits per heavy atom. The van der Waals surface area contributed by atoms with Crippen LogP contribution in [0, 0.1) is 0 Å². The second-order valence-electron chi connectivity index (χ2n) is 4.52. The normalized spacial score (nSPS) is 14.4. The van der Waals surface area contributed by atoms with Gasteiger partial charge in [-0.05, 0) is 27.7 Å². The highest BCUT2D eigenvalue weighted by molar-refractivity contribution is 5.73. The van der Waals surface area contributed by atoms with E-state index >= 15 is 0 Å². The van der Waals surface area contributed by atoms with Crippen LogP contribution in [0.1, 0.15) is 48.0 Å². The van der Waals surface area contributed by atoms with Crippen LogP contribution in [0.5, 0.6) is 0 Å². The number of carbonyl (C=O) groups excluding carboxylic acids is 2. The topological polar surface area (TPSA) is 46.6 Å². The lowest BCUT2D eigenvalue weighted by Crippen LogP contribution is -2.43. The minimum atomic E-state index is -0.279. The van der Waals surface area contributed by atoms with E-state index in [2.05, 4.69) is 0 Å². The monoisotopic (exact) mass is 229 g/mol. The van der Waals surface area contributed by atoms with E-state index in [1.807, 2.05) is 27.7 Å². The Bertz CT molecular complexity index is 251. The van der Waals surface area contributed by atoms with Gasteiger partial charge in [0.05, 0.1) is 0 Å². The summed E-state index contributed by atoms with van der Waals surface area (Å²) < 4.78 is 5.05. The predicted molar refractivity (Wildman–Crippen MR) is 63.0 cm³/mol. The van der Waals surface area contributed by atoms with Crippen molar-refractivity contribution in [3.8, 4) is 0 Å². The van der Waals surface area contributed by atoms with Gasteiger partial charge in [-0.1, -0.05) is 0 Å². The lowest BCUT2D eigenvalue weighted by Gasteiger charge is -2.33. The number of esters is 1. The minimum Gasteiger partial charge on any atom is -0.463 e. The van der Waals surface area contributed by atoms with Crippen LogP contribution in [0.3, 0.4) is 0 Å². The molecule has 0 rings (SSSR count). The summed E-state index contributed by atoms with van der Waals surface area (Å²) in [6.45, 7) is 10.7. The molecule has 0 aromatic rings. The summed E-state index contributed by atoms with van der Waals surface area (Å²) in [4.78, 5) is 24.0. The summed E-state index contributed by atoms with van der Waals surface area (Å²) in [5.41, 5.74) is 0. The number of ether oxygens (including phenoxy) is 1. The number of hydrogen-bond donors (Lipinski definition) is 0. The van der Waals surface area contributed by atoms with Crippen LogP contribution in [0.15, 0.2) is 0 Å². The second-order valence-corrected chi connectivity index (χ2v) is 4.52. The molecule has 1 amide bonds. The SMILES string of the molecule is CC(=O)OC(C)CC(C)N(C(C)=O)C(C)C. The number of nitrogens with zero attached hydrogens (tertiary/aromatic N) is 1. The van der Waals surface area contributed by atoms with Crippen molar-refractivity contribution >= 4 is 11.9 Å². The third kappa shape index (κ3) is 5.14. The van der Waals surface area contributed by atoms with Crippen LogP contribution in [0.2, 0.25) is 0 Å². The zero-order valence-corrected chi connectivity index (χ0v) is 11.1. The van der Waals surface area contributed by atoms with Crippen LogP contribution in [0.25, 0.3) is 0 Å². The quantitative estimate of drug-likeness (QED) is 0.677. The summed E-state index contributed by atoms with van der Waals surface area (Å²) >= 11 is 0. The molecule has 0 heterocycles. The molecule has 0 bridgehead atoms. The van der Waals surface area contributed by atoms with E-state index in [0.29, 0.717) is 6.42 Å². The van der Waals surface area contributed by atoms with Gasteiger partial charge < -0.3 is 9.64 Å². The summed E-state index contributed by atoms with van der Waals surface area (Å²) in [5, 5.41) is 0. The maximum Gasteiger partial charge on any atom is 0.302 e. The van der Waals surface area contributed by atoms with Crippen molar-refractivity contribution in [2.75, 3.05) is 0 Å². The first-order chi connectivity index (χ1) is 7.25. The fraction of sp³-hybridized carbons (Fsp3) is 0.833. The molecule has 94 valence electrons. The molecule has 0 aromatic heterocycles. The molecular weight excluding hydrogens is 206 g/mol. The van der Waals surface area contributed by atoms with Gasteiger partial charge in [0.1, 0.15) is 6.10 Å². The molecule has 0 saturated carbocycles. The van der Waals surface area contributed by atoms with Crippen LogP contribution in [0.4, 0.5) is 0 Å². The van der Waals surface area contributed by atoms with Gasteiger partial charge in [-0.15, -0.1) is 0 Å². The van der Waals surface area contributed by atoms with E-state index in [-0.39, 0.29) is 30.1 Å². The van der Waals surface area contributed by atoms with Gasteiger partial charge in [0.15, 0.2) is 0 Å². The summed E-state index contributed by atoms with van der Waals surface area (Å²) in [5.74, 6) is -0.226. The lowest BCUT2D eigenvalue weighted by molar-refractivity contribution is -0.146. The molecule has 16 heavy (non-hydrogen) atoms. The van der Waals surface area contributed by atoms with Crippen molar-refractivity contribution in [3.63, 3.8) is 0 Å². The van der Waals surface area contributed by atoms with Crippen LogP contribution >= 0.6 is 0 Å². The maximum absolute atomic E-state index is 11.4. The third-order valence-corrected chi connectivity index (χ3v) is 2.44. The number of amides is 1. The third-order valence-electron chi connectivity index (χ3n) is 2.44. The molecule has 0 aliphatic heterocycles. The Labute approximate surface area is 98.0 Å². The number of carbonyl (C=O) groups is 2. The molecule has 2 atom stereocenters. The van der Waals surface area contributed by atoms with E-state index in [1.54, 1.807) is 11.8 Å². The highest BCUT2D eigenvalue weighted by Crippen LogP contribution is 2.13. The Morgan fingerprint density at radius 2 is 1.62 bits per heavy atom. The fourth-order valence-corrected chi connectivity index (χ4v) is 2.11. The molecule has 0 N–H and O–H groups in total. The smallest absolute Gasteiger partial charge is 0.302 e. The first-order valence-corrected chi connectivity index (χ1v) is 5.71. The number of rotatable bonds is 5. The molecule has 2 unspecified atom stereocenters. The van der Waals surface area contributed by atoms with Gasteiger partial charge in [-0.2, -0.15) is 0 Å². The molecule has 0 spiro atoms. The van der Waals surface area contributed by atoms with E-state index in [4.69, 9.17) is 4.74 Å². The summed E-state index contributed by atoms with van der Waals surface area (Å²) in [6, 6.07) is 0.240. The van der Waals surface area contributed by atoms with Gasteiger partial charge in [-0.25, -0.2) is 0 Å². The molecule has 0 aliphatic rings. The van der Waals surface area contributed by atoms with E-state index in [9.17, 15) is 9.59 Å². The zero-order chi connectivity index (χ0) is 12.9. The summed E-state index contributed by atoms with van der Waals surface area (Å²) in [7, 11) is 0. The van der Waals surface area contributed by atoms with Crippen molar-refractivity contribution in [1.29, 1.82) is 0 Å². The predicted octanol–water partition coefficient (Wildman–Crippen LogP) is 1.97.